The normalized spacial score (nSPS) is 11.5. The zero-order valence-corrected chi connectivity index (χ0v) is 20.7. The Morgan fingerprint density at radius 3 is 2.53 bits per heavy atom. The third-order valence-corrected chi connectivity index (χ3v) is 7.96. The highest BCUT2D eigenvalue weighted by Crippen LogP contribution is 2.29. The highest BCUT2D eigenvalue weighted by atomic mass is 35.5. The fourth-order valence-corrected chi connectivity index (χ4v) is 5.86. The van der Waals surface area contributed by atoms with Crippen molar-refractivity contribution in [3.8, 4) is 5.75 Å². The van der Waals surface area contributed by atoms with Crippen molar-refractivity contribution in [2.24, 2.45) is 5.10 Å². The number of nitrogens with one attached hydrogen (secondary N) is 2. The van der Waals surface area contributed by atoms with Gasteiger partial charge in [-0.25, -0.2) is 18.6 Å². The van der Waals surface area contributed by atoms with Gasteiger partial charge in [-0.05, 0) is 41.1 Å². The topological polar surface area (TPSA) is 134 Å². The fourth-order valence-electron chi connectivity index (χ4n) is 3.30. The number of carbonyl (C=O) groups is 2. The van der Waals surface area contributed by atoms with Crippen LogP contribution in [-0.2, 0) is 14.8 Å². The molecule has 0 aliphatic carbocycles. The van der Waals surface area contributed by atoms with Crippen molar-refractivity contribution in [3.05, 3.63) is 88.3 Å². The van der Waals surface area contributed by atoms with Crippen molar-refractivity contribution < 1.29 is 27.9 Å². The van der Waals surface area contributed by atoms with E-state index in [1.165, 1.54) is 30.5 Å². The Balaban J connectivity index is 1.58. The molecule has 0 saturated carbocycles. The van der Waals surface area contributed by atoms with Gasteiger partial charge in [-0.15, -0.1) is 11.3 Å². The first-order valence-corrected chi connectivity index (χ1v) is 13.0. The maximum atomic E-state index is 12.9. The molecule has 36 heavy (non-hydrogen) atoms. The van der Waals surface area contributed by atoms with Crippen LogP contribution in [0.2, 0.25) is 4.34 Å². The second-order valence-corrected chi connectivity index (χ2v) is 10.9. The molecule has 4 aromatic rings. The highest BCUT2D eigenvalue weighted by molar-refractivity contribution is 7.94. The number of hydrogen-bond donors (Lipinski definition) is 3. The molecule has 3 N–H and O–H groups in total. The van der Waals surface area contributed by atoms with Gasteiger partial charge in [0.1, 0.15) is 9.96 Å². The zero-order valence-electron chi connectivity index (χ0n) is 18.3. The summed E-state index contributed by atoms with van der Waals surface area (Å²) in [5.41, 5.74) is 2.95. The number of ether oxygens (including phenoxy) is 1. The summed E-state index contributed by atoms with van der Waals surface area (Å²) in [6.45, 7) is -0.547. The van der Waals surface area contributed by atoms with E-state index in [2.05, 4.69) is 15.2 Å². The van der Waals surface area contributed by atoms with Gasteiger partial charge in [0.2, 0.25) is 0 Å². The number of aliphatic carboxylic acids is 1. The molecule has 0 aliphatic rings. The van der Waals surface area contributed by atoms with Crippen molar-refractivity contribution in [1.29, 1.82) is 0 Å². The zero-order chi connectivity index (χ0) is 25.7. The van der Waals surface area contributed by atoms with Crippen LogP contribution in [0.25, 0.3) is 10.8 Å². The maximum absolute atomic E-state index is 12.9. The number of sulfonamides is 1. The predicted molar refractivity (Wildman–Crippen MR) is 139 cm³/mol. The third kappa shape index (κ3) is 5.82. The maximum Gasteiger partial charge on any atom is 0.341 e. The van der Waals surface area contributed by atoms with E-state index in [9.17, 15) is 18.0 Å². The monoisotopic (exact) mass is 543 g/mol. The van der Waals surface area contributed by atoms with E-state index in [-0.39, 0.29) is 21.2 Å². The highest BCUT2D eigenvalue weighted by Gasteiger charge is 2.20. The van der Waals surface area contributed by atoms with Crippen LogP contribution in [0.3, 0.4) is 0 Å². The van der Waals surface area contributed by atoms with Crippen LogP contribution in [0, 0.1) is 0 Å². The van der Waals surface area contributed by atoms with Gasteiger partial charge < -0.3 is 9.84 Å². The minimum absolute atomic E-state index is 0.00516. The molecule has 0 spiro atoms. The molecule has 4 rings (SSSR count). The number of hydrazone groups is 1. The van der Waals surface area contributed by atoms with Crippen molar-refractivity contribution in [1.82, 2.24) is 5.43 Å². The van der Waals surface area contributed by atoms with Crippen LogP contribution in [0.4, 0.5) is 5.69 Å². The van der Waals surface area contributed by atoms with Gasteiger partial charge in [0.25, 0.3) is 15.9 Å². The molecule has 9 nitrogen and oxygen atoms in total. The summed E-state index contributed by atoms with van der Waals surface area (Å²) in [7, 11) is -3.95. The molecule has 0 unspecified atom stereocenters. The Hall–Kier alpha value is -3.93. The second kappa shape index (κ2) is 10.8. The quantitative estimate of drug-likeness (QED) is 0.209. The molecule has 3 aromatic carbocycles. The molecule has 184 valence electrons. The Kier molecular flexibility index (Phi) is 7.53. The van der Waals surface area contributed by atoms with Gasteiger partial charge in [0.05, 0.1) is 21.8 Å². The Bertz CT molecular complexity index is 1580. The van der Waals surface area contributed by atoms with Crippen LogP contribution in [0.5, 0.6) is 5.75 Å². The fraction of sp³-hybridized carbons (Fsp3) is 0.0417. The molecule has 0 fully saturated rings. The average Bonchev–Trinajstić information content (AvgIpc) is 3.30. The number of carboxylic acids is 1. The summed E-state index contributed by atoms with van der Waals surface area (Å²) in [6, 6.07) is 19.7. The molecular weight excluding hydrogens is 526 g/mol. The Morgan fingerprint density at radius 1 is 1.03 bits per heavy atom. The summed E-state index contributed by atoms with van der Waals surface area (Å²) in [5.74, 6) is -1.53. The number of para-hydroxylation sites is 1. The Morgan fingerprint density at radius 2 is 1.78 bits per heavy atom. The number of rotatable bonds is 9. The summed E-state index contributed by atoms with van der Waals surface area (Å²) in [4.78, 5) is 23.8. The smallest absolute Gasteiger partial charge is 0.341 e. The van der Waals surface area contributed by atoms with Crippen molar-refractivity contribution in [2.45, 2.75) is 4.21 Å². The molecule has 1 aromatic heterocycles. The number of hydrogen-bond acceptors (Lipinski definition) is 7. The van der Waals surface area contributed by atoms with Gasteiger partial charge in [-0.3, -0.25) is 9.52 Å². The van der Waals surface area contributed by atoms with Gasteiger partial charge in [-0.2, -0.15) is 5.10 Å². The van der Waals surface area contributed by atoms with Crippen LogP contribution < -0.4 is 14.9 Å². The summed E-state index contributed by atoms with van der Waals surface area (Å²) < 4.78 is 33.5. The Labute approximate surface area is 215 Å². The first kappa shape index (κ1) is 25.2. The lowest BCUT2D eigenvalue weighted by molar-refractivity contribution is -0.139. The molecule has 1 heterocycles. The summed E-state index contributed by atoms with van der Waals surface area (Å²) in [5, 5.41) is 14.6. The van der Waals surface area contributed by atoms with Gasteiger partial charge in [0.15, 0.2) is 6.61 Å². The SMILES string of the molecule is O=C(O)COc1ccc2ccccc2c1/C=N\NC(=O)c1ccccc1NS(=O)(=O)c1ccc(Cl)s1. The lowest BCUT2D eigenvalue weighted by Crippen LogP contribution is -2.21. The van der Waals surface area contributed by atoms with E-state index in [1.807, 2.05) is 24.3 Å². The number of amides is 1. The van der Waals surface area contributed by atoms with E-state index in [0.29, 0.717) is 9.90 Å². The predicted octanol–water partition coefficient (Wildman–Crippen LogP) is 4.58. The number of anilines is 1. The number of benzene rings is 3. The van der Waals surface area contributed by atoms with Gasteiger partial charge in [-0.1, -0.05) is 54.1 Å². The molecule has 0 saturated heterocycles. The van der Waals surface area contributed by atoms with E-state index in [0.717, 1.165) is 22.1 Å². The summed E-state index contributed by atoms with van der Waals surface area (Å²) in [6.07, 6.45) is 1.35. The third-order valence-electron chi connectivity index (χ3n) is 4.87. The number of nitrogens with zero attached hydrogens (tertiary/aromatic N) is 1. The van der Waals surface area contributed by atoms with E-state index in [1.54, 1.807) is 24.3 Å². The number of fused-ring (bicyclic) bond motifs is 1. The lowest BCUT2D eigenvalue weighted by atomic mass is 10.0. The van der Waals surface area contributed by atoms with Crippen LogP contribution in [0.15, 0.2) is 82.1 Å². The number of carbonyl (C=O) groups excluding carboxylic acids is 1. The average molecular weight is 544 g/mol. The lowest BCUT2D eigenvalue weighted by Gasteiger charge is -2.11. The molecule has 0 aliphatic heterocycles. The first-order valence-electron chi connectivity index (χ1n) is 10.3. The van der Waals surface area contributed by atoms with Crippen LogP contribution >= 0.6 is 22.9 Å². The number of carboxylic acid groups (broad SMARTS) is 1. The molecule has 1 amide bonds. The summed E-state index contributed by atoms with van der Waals surface area (Å²) >= 11 is 6.74. The van der Waals surface area contributed by atoms with Gasteiger partial charge in [0, 0.05) is 5.56 Å². The second-order valence-electron chi connectivity index (χ2n) is 7.29. The molecule has 0 bridgehead atoms. The number of thiophene rings is 1. The van der Waals surface area contributed by atoms with Crippen LogP contribution in [-0.4, -0.2) is 38.2 Å². The number of halogens is 1. The molecule has 0 atom stereocenters. The standard InChI is InChI=1S/C24H18ClN3O6S2/c25-21-11-12-23(35-21)36(32,33)28-19-8-4-3-7-17(19)24(31)27-26-13-18-16-6-2-1-5-15(16)9-10-20(18)34-14-22(29)30/h1-13,28H,14H2,(H,27,31)(H,29,30)/b26-13-. The minimum atomic E-state index is -3.95. The van der Waals surface area contributed by atoms with Crippen molar-refractivity contribution >= 4 is 67.5 Å². The van der Waals surface area contributed by atoms with Crippen molar-refractivity contribution in [2.75, 3.05) is 11.3 Å². The van der Waals surface area contributed by atoms with Crippen molar-refractivity contribution in [3.63, 3.8) is 0 Å². The molecule has 12 heteroatoms. The van der Waals surface area contributed by atoms with E-state index in [4.69, 9.17) is 21.4 Å². The molecular formula is C24H18ClN3O6S2. The largest absolute Gasteiger partial charge is 0.481 e. The van der Waals surface area contributed by atoms with E-state index < -0.39 is 28.5 Å². The van der Waals surface area contributed by atoms with Crippen LogP contribution in [0.1, 0.15) is 15.9 Å². The first-order chi connectivity index (χ1) is 17.2. The van der Waals surface area contributed by atoms with E-state index >= 15 is 0 Å². The minimum Gasteiger partial charge on any atom is -0.481 e. The van der Waals surface area contributed by atoms with Gasteiger partial charge >= 0.3 is 5.97 Å². The molecule has 0 radical (unpaired) electrons.